The van der Waals surface area contributed by atoms with Gasteiger partial charge in [0, 0.05) is 6.26 Å². The van der Waals surface area contributed by atoms with Crippen molar-refractivity contribution in [3.05, 3.63) is 35.9 Å². The Labute approximate surface area is 117 Å². The quantitative estimate of drug-likeness (QED) is 0.808. The molecule has 19 heavy (non-hydrogen) atoms. The van der Waals surface area contributed by atoms with Gasteiger partial charge in [-0.15, -0.1) is 6.58 Å². The van der Waals surface area contributed by atoms with E-state index in [1.807, 2.05) is 0 Å². The number of nitrogens with one attached hydrogen (secondary N) is 1. The maximum absolute atomic E-state index is 11.7. The fraction of sp³-hybridized carbons (Fsp3) is 0.250. The summed E-state index contributed by atoms with van der Waals surface area (Å²) in [6, 6.07) is 3.33. The second kappa shape index (κ2) is 6.18. The van der Waals surface area contributed by atoms with Crippen molar-refractivity contribution < 1.29 is 13.2 Å². The maximum atomic E-state index is 11.7. The molecule has 0 radical (unpaired) electrons. The van der Waals surface area contributed by atoms with Crippen LogP contribution in [0.4, 0.5) is 5.69 Å². The van der Waals surface area contributed by atoms with Crippen LogP contribution in [-0.4, -0.2) is 26.6 Å². The van der Waals surface area contributed by atoms with Crippen molar-refractivity contribution in [2.45, 2.75) is 17.4 Å². The van der Waals surface area contributed by atoms with Crippen molar-refractivity contribution in [3.63, 3.8) is 0 Å². The number of halogens is 1. The van der Waals surface area contributed by atoms with Crippen LogP contribution in [0.2, 0.25) is 5.02 Å². The molecule has 0 saturated carbocycles. The molecule has 0 bridgehead atoms. The molecule has 1 unspecified atom stereocenters. The van der Waals surface area contributed by atoms with E-state index >= 15 is 0 Å². The maximum Gasteiger partial charge on any atom is 0.241 e. The van der Waals surface area contributed by atoms with E-state index in [4.69, 9.17) is 17.3 Å². The molecule has 0 spiro atoms. The van der Waals surface area contributed by atoms with E-state index < -0.39 is 21.8 Å². The minimum absolute atomic E-state index is 0.0736. The third-order valence-corrected chi connectivity index (χ3v) is 3.82. The Hall–Kier alpha value is -1.37. The van der Waals surface area contributed by atoms with Gasteiger partial charge in [0.05, 0.1) is 21.6 Å². The van der Waals surface area contributed by atoms with E-state index in [1.165, 1.54) is 24.3 Å². The largest absolute Gasteiger partial charge is 0.323 e. The lowest BCUT2D eigenvalue weighted by Gasteiger charge is -2.12. The topological polar surface area (TPSA) is 89.3 Å². The molecule has 0 saturated heterocycles. The van der Waals surface area contributed by atoms with Crippen LogP contribution in [0.5, 0.6) is 0 Å². The number of sulfone groups is 1. The Bertz CT molecular complexity index is 599. The molecule has 1 amide bonds. The third-order valence-electron chi connectivity index (χ3n) is 2.38. The first kappa shape index (κ1) is 15.7. The number of anilines is 1. The Balaban J connectivity index is 3.01. The van der Waals surface area contributed by atoms with E-state index in [0.29, 0.717) is 6.42 Å². The molecule has 3 N–H and O–H groups in total. The number of amides is 1. The van der Waals surface area contributed by atoms with Crippen LogP contribution in [0.1, 0.15) is 6.42 Å². The summed E-state index contributed by atoms with van der Waals surface area (Å²) in [6.45, 7) is 3.49. The average molecular weight is 303 g/mol. The van der Waals surface area contributed by atoms with Crippen LogP contribution < -0.4 is 11.1 Å². The van der Waals surface area contributed by atoms with Gasteiger partial charge in [0.1, 0.15) is 0 Å². The molecule has 0 aliphatic heterocycles. The molecule has 1 rings (SSSR count). The zero-order valence-corrected chi connectivity index (χ0v) is 12.0. The van der Waals surface area contributed by atoms with E-state index in [2.05, 4.69) is 11.9 Å². The minimum atomic E-state index is -3.37. The van der Waals surface area contributed by atoms with Gasteiger partial charge >= 0.3 is 0 Å². The Morgan fingerprint density at radius 2 is 2.21 bits per heavy atom. The van der Waals surface area contributed by atoms with Gasteiger partial charge in [0.2, 0.25) is 5.91 Å². The molecular formula is C12H15ClN2O3S. The highest BCUT2D eigenvalue weighted by atomic mass is 35.5. The predicted molar refractivity (Wildman–Crippen MR) is 76.0 cm³/mol. The van der Waals surface area contributed by atoms with E-state index in [0.717, 1.165) is 6.26 Å². The molecular weight excluding hydrogens is 288 g/mol. The van der Waals surface area contributed by atoms with Gasteiger partial charge in [-0.25, -0.2) is 8.42 Å². The molecule has 0 heterocycles. The van der Waals surface area contributed by atoms with Crippen LogP contribution in [0, 0.1) is 0 Å². The SMILES string of the molecule is C=CCC(N)C(=O)Nc1cc(S(C)(=O)=O)ccc1Cl. The molecule has 0 aromatic heterocycles. The summed E-state index contributed by atoms with van der Waals surface area (Å²) in [5.74, 6) is -0.451. The molecule has 0 aliphatic carbocycles. The van der Waals surface area contributed by atoms with Gasteiger partial charge in [-0.2, -0.15) is 0 Å². The Morgan fingerprint density at radius 1 is 1.58 bits per heavy atom. The van der Waals surface area contributed by atoms with Crippen LogP contribution >= 0.6 is 11.6 Å². The van der Waals surface area contributed by atoms with Crippen molar-refractivity contribution in [3.8, 4) is 0 Å². The molecule has 7 heteroatoms. The number of carbonyl (C=O) groups is 1. The second-order valence-corrected chi connectivity index (χ2v) is 6.46. The van der Waals surface area contributed by atoms with Crippen molar-refractivity contribution in [2.24, 2.45) is 5.73 Å². The lowest BCUT2D eigenvalue weighted by Crippen LogP contribution is -2.35. The summed E-state index contributed by atoms with van der Waals surface area (Å²) in [5.41, 5.74) is 5.82. The lowest BCUT2D eigenvalue weighted by atomic mass is 10.2. The lowest BCUT2D eigenvalue weighted by molar-refractivity contribution is -0.117. The van der Waals surface area contributed by atoms with Crippen molar-refractivity contribution >= 4 is 33.0 Å². The minimum Gasteiger partial charge on any atom is -0.323 e. The Morgan fingerprint density at radius 3 is 2.74 bits per heavy atom. The fourth-order valence-corrected chi connectivity index (χ4v) is 2.15. The summed E-state index contributed by atoms with van der Waals surface area (Å²) in [5, 5.41) is 2.74. The highest BCUT2D eigenvalue weighted by Crippen LogP contribution is 2.25. The highest BCUT2D eigenvalue weighted by molar-refractivity contribution is 7.90. The first-order chi connectivity index (χ1) is 8.75. The molecule has 1 aromatic rings. The number of benzene rings is 1. The van der Waals surface area contributed by atoms with Crippen molar-refractivity contribution in [1.82, 2.24) is 0 Å². The predicted octanol–water partition coefficient (Wildman–Crippen LogP) is 1.59. The van der Waals surface area contributed by atoms with Crippen LogP contribution in [0.15, 0.2) is 35.7 Å². The summed E-state index contributed by atoms with van der Waals surface area (Å²) in [4.78, 5) is 11.8. The first-order valence-corrected chi connectivity index (χ1v) is 7.69. The van der Waals surface area contributed by atoms with E-state index in [-0.39, 0.29) is 15.6 Å². The van der Waals surface area contributed by atoms with Gasteiger partial charge in [-0.05, 0) is 24.6 Å². The number of hydrogen-bond acceptors (Lipinski definition) is 4. The molecule has 0 fully saturated rings. The summed E-state index contributed by atoms with van der Waals surface area (Å²) >= 11 is 5.90. The standard InChI is InChI=1S/C12H15ClN2O3S/c1-3-4-10(14)12(16)15-11-7-8(19(2,17)18)5-6-9(11)13/h3,5-7,10H,1,4,14H2,2H3,(H,15,16). The smallest absolute Gasteiger partial charge is 0.241 e. The van der Waals surface area contributed by atoms with E-state index in [1.54, 1.807) is 0 Å². The van der Waals surface area contributed by atoms with Gasteiger partial charge < -0.3 is 11.1 Å². The summed E-state index contributed by atoms with van der Waals surface area (Å²) in [7, 11) is -3.37. The molecule has 104 valence electrons. The zero-order chi connectivity index (χ0) is 14.6. The Kier molecular flexibility index (Phi) is 5.11. The van der Waals surface area contributed by atoms with Crippen LogP contribution in [-0.2, 0) is 14.6 Å². The second-order valence-electron chi connectivity index (χ2n) is 4.03. The highest BCUT2D eigenvalue weighted by Gasteiger charge is 2.15. The fourth-order valence-electron chi connectivity index (χ4n) is 1.34. The molecule has 5 nitrogen and oxygen atoms in total. The van der Waals surface area contributed by atoms with Gasteiger partial charge in [-0.3, -0.25) is 4.79 Å². The molecule has 1 aromatic carbocycles. The number of rotatable bonds is 5. The molecule has 0 aliphatic rings. The zero-order valence-electron chi connectivity index (χ0n) is 10.4. The van der Waals surface area contributed by atoms with E-state index in [9.17, 15) is 13.2 Å². The summed E-state index contributed by atoms with van der Waals surface area (Å²) < 4.78 is 22.8. The van der Waals surface area contributed by atoms with Crippen LogP contribution in [0.3, 0.4) is 0 Å². The number of carbonyl (C=O) groups excluding carboxylic acids is 1. The number of nitrogens with two attached hydrogens (primary N) is 1. The average Bonchev–Trinajstić information content (AvgIpc) is 2.30. The normalized spacial score (nSPS) is 12.8. The van der Waals surface area contributed by atoms with Gasteiger partial charge in [-0.1, -0.05) is 17.7 Å². The third kappa shape index (κ3) is 4.34. The van der Waals surface area contributed by atoms with Crippen molar-refractivity contribution in [2.75, 3.05) is 11.6 Å². The van der Waals surface area contributed by atoms with Gasteiger partial charge in [0.15, 0.2) is 9.84 Å². The monoisotopic (exact) mass is 302 g/mol. The molecule has 1 atom stereocenters. The van der Waals surface area contributed by atoms with Crippen LogP contribution in [0.25, 0.3) is 0 Å². The number of hydrogen-bond donors (Lipinski definition) is 2. The van der Waals surface area contributed by atoms with Crippen molar-refractivity contribution in [1.29, 1.82) is 0 Å². The summed E-state index contributed by atoms with van der Waals surface area (Å²) in [6.07, 6.45) is 2.92. The first-order valence-electron chi connectivity index (χ1n) is 5.42. The van der Waals surface area contributed by atoms with Gasteiger partial charge in [0.25, 0.3) is 0 Å².